The number of thiophene rings is 1. The monoisotopic (exact) mass is 485 g/mol. The molecular weight excluding hydrogens is 454 g/mol. The van der Waals surface area contributed by atoms with Gasteiger partial charge in [-0.15, -0.1) is 0 Å². The summed E-state index contributed by atoms with van der Waals surface area (Å²) in [5.74, 6) is -0.276. The number of pyridine rings is 1. The van der Waals surface area contributed by atoms with Gasteiger partial charge in [0.2, 0.25) is 5.60 Å². The molecule has 2 aromatic heterocycles. The second kappa shape index (κ2) is 8.20. The van der Waals surface area contributed by atoms with Crippen LogP contribution in [0.15, 0.2) is 18.3 Å². The van der Waals surface area contributed by atoms with Gasteiger partial charge in [0.25, 0.3) is 11.8 Å². The van der Waals surface area contributed by atoms with Crippen LogP contribution in [0.4, 0.5) is 9.80 Å². The van der Waals surface area contributed by atoms with E-state index in [0.29, 0.717) is 36.6 Å². The molecule has 0 saturated carbocycles. The molecule has 0 aromatic carbocycles. The molecular formula is C24H31N5O4S. The van der Waals surface area contributed by atoms with E-state index in [1.54, 1.807) is 6.20 Å². The maximum absolute atomic E-state index is 13.3. The van der Waals surface area contributed by atoms with E-state index in [4.69, 9.17) is 10.5 Å². The third-order valence-corrected chi connectivity index (χ3v) is 8.13. The molecule has 3 aliphatic heterocycles. The number of anilines is 1. The molecule has 2 aromatic rings. The molecule has 1 atom stereocenters. The average Bonchev–Trinajstić information content (AvgIpc) is 3.25. The Labute approximate surface area is 202 Å². The highest BCUT2D eigenvalue weighted by molar-refractivity contribution is 7.22. The summed E-state index contributed by atoms with van der Waals surface area (Å²) >= 11 is 1.34. The number of fused-ring (bicyclic) bond motifs is 1. The average molecular weight is 486 g/mol. The van der Waals surface area contributed by atoms with Crippen molar-refractivity contribution in [2.75, 3.05) is 31.9 Å². The third kappa shape index (κ3) is 3.73. The molecule has 182 valence electrons. The van der Waals surface area contributed by atoms with Crippen molar-refractivity contribution >= 4 is 44.5 Å². The van der Waals surface area contributed by atoms with Crippen LogP contribution in [0.1, 0.15) is 56.8 Å². The van der Waals surface area contributed by atoms with E-state index in [1.165, 1.54) is 16.2 Å². The molecule has 0 radical (unpaired) electrons. The number of hydrogen-bond acceptors (Lipinski definition) is 8. The molecule has 1 unspecified atom stereocenters. The highest BCUT2D eigenvalue weighted by atomic mass is 32.1. The molecule has 0 aliphatic carbocycles. The van der Waals surface area contributed by atoms with Gasteiger partial charge in [0, 0.05) is 42.8 Å². The minimum absolute atomic E-state index is 0.0500. The van der Waals surface area contributed by atoms with Crippen molar-refractivity contribution in [3.63, 3.8) is 0 Å². The number of amides is 3. The number of nitrogens with two attached hydrogens (primary N) is 1. The van der Waals surface area contributed by atoms with E-state index < -0.39 is 17.2 Å². The number of likely N-dealkylation sites (tertiary alicyclic amines) is 2. The normalized spacial score (nSPS) is 24.9. The summed E-state index contributed by atoms with van der Waals surface area (Å²) in [6.45, 7) is 8.04. The molecule has 3 aliphatic rings. The molecule has 5 heterocycles. The van der Waals surface area contributed by atoms with Crippen LogP contribution in [0, 0.1) is 0 Å². The standard InChI is InChI=1S/C24H31N5O4S/c1-23(2,3)29-21(31)24(33-22(29)32)9-5-11-28(14-24)15-7-12-27(13-8-15)20(30)17-16-6-4-10-26-19(16)34-18(17)25/h4,6,10,15H,5,7-9,11-14,25H2,1-3H3. The summed E-state index contributed by atoms with van der Waals surface area (Å²) in [6, 6.07) is 3.94. The zero-order valence-corrected chi connectivity index (χ0v) is 20.7. The molecule has 3 amide bonds. The van der Waals surface area contributed by atoms with Crippen molar-refractivity contribution < 1.29 is 19.1 Å². The van der Waals surface area contributed by atoms with Crippen LogP contribution in [0.25, 0.3) is 10.2 Å². The van der Waals surface area contributed by atoms with Crippen molar-refractivity contribution in [3.8, 4) is 0 Å². The first-order valence-corrected chi connectivity index (χ1v) is 12.7. The Balaban J connectivity index is 1.26. The fraction of sp³-hybridized carbons (Fsp3) is 0.583. The first kappa shape index (κ1) is 23.0. The van der Waals surface area contributed by atoms with Crippen LogP contribution in [0.3, 0.4) is 0 Å². The van der Waals surface area contributed by atoms with Gasteiger partial charge in [-0.2, -0.15) is 0 Å². The summed E-state index contributed by atoms with van der Waals surface area (Å²) in [6.07, 6.45) is 4.10. The van der Waals surface area contributed by atoms with Crippen molar-refractivity contribution in [3.05, 3.63) is 23.9 Å². The molecule has 2 N–H and O–H groups in total. The topological polar surface area (TPSA) is 109 Å². The molecule has 34 heavy (non-hydrogen) atoms. The lowest BCUT2D eigenvalue weighted by molar-refractivity contribution is -0.144. The Morgan fingerprint density at radius 2 is 1.97 bits per heavy atom. The highest BCUT2D eigenvalue weighted by Crippen LogP contribution is 2.38. The van der Waals surface area contributed by atoms with Gasteiger partial charge in [-0.05, 0) is 65.1 Å². The van der Waals surface area contributed by atoms with Crippen LogP contribution < -0.4 is 5.73 Å². The number of nitrogen functional groups attached to an aromatic ring is 1. The summed E-state index contributed by atoms with van der Waals surface area (Å²) in [7, 11) is 0. The minimum atomic E-state index is -1.09. The summed E-state index contributed by atoms with van der Waals surface area (Å²) < 4.78 is 5.74. The Morgan fingerprint density at radius 1 is 1.24 bits per heavy atom. The quantitative estimate of drug-likeness (QED) is 0.696. The van der Waals surface area contributed by atoms with E-state index >= 15 is 0 Å². The zero-order chi connectivity index (χ0) is 24.3. The lowest BCUT2D eigenvalue weighted by atomic mass is 9.88. The number of imide groups is 1. The van der Waals surface area contributed by atoms with Gasteiger partial charge >= 0.3 is 6.09 Å². The van der Waals surface area contributed by atoms with Crippen molar-refractivity contribution in [2.45, 2.75) is 63.6 Å². The van der Waals surface area contributed by atoms with Crippen molar-refractivity contribution in [1.29, 1.82) is 0 Å². The SMILES string of the molecule is CC(C)(C)N1C(=O)OC2(CCCN(C3CCN(C(=O)c4c(N)sc5ncccc45)CC3)C2)C1=O. The first-order valence-electron chi connectivity index (χ1n) is 11.8. The molecule has 5 rings (SSSR count). The second-order valence-electron chi connectivity index (χ2n) is 10.5. The predicted octanol–water partition coefficient (Wildman–Crippen LogP) is 3.10. The van der Waals surface area contributed by atoms with Gasteiger partial charge in [0.15, 0.2) is 0 Å². The van der Waals surface area contributed by atoms with Gasteiger partial charge in [-0.1, -0.05) is 11.3 Å². The van der Waals surface area contributed by atoms with Crippen LogP contribution in [0.5, 0.6) is 0 Å². The number of carbonyl (C=O) groups is 3. The van der Waals surface area contributed by atoms with E-state index in [0.717, 1.165) is 36.0 Å². The smallest absolute Gasteiger partial charge is 0.418 e. The maximum Gasteiger partial charge on any atom is 0.418 e. The summed E-state index contributed by atoms with van der Waals surface area (Å²) in [5.41, 5.74) is 5.03. The van der Waals surface area contributed by atoms with Gasteiger partial charge in [-0.3, -0.25) is 14.5 Å². The third-order valence-electron chi connectivity index (χ3n) is 7.19. The largest absolute Gasteiger partial charge is 0.431 e. The fourth-order valence-corrected chi connectivity index (χ4v) is 6.41. The highest BCUT2D eigenvalue weighted by Gasteiger charge is 2.58. The lowest BCUT2D eigenvalue weighted by Crippen LogP contribution is -2.59. The lowest BCUT2D eigenvalue weighted by Gasteiger charge is -2.44. The maximum atomic E-state index is 13.3. The number of aromatic nitrogens is 1. The molecule has 3 fully saturated rings. The Hall–Kier alpha value is -2.72. The van der Waals surface area contributed by atoms with Crippen LogP contribution >= 0.6 is 11.3 Å². The molecule has 10 heteroatoms. The first-order chi connectivity index (χ1) is 16.1. The number of rotatable bonds is 2. The van der Waals surface area contributed by atoms with Gasteiger partial charge in [0.05, 0.1) is 5.56 Å². The number of ether oxygens (including phenoxy) is 1. The number of hydrogen-bond donors (Lipinski definition) is 1. The van der Waals surface area contributed by atoms with Crippen LogP contribution in [0.2, 0.25) is 0 Å². The Kier molecular flexibility index (Phi) is 5.55. The Morgan fingerprint density at radius 3 is 2.65 bits per heavy atom. The predicted molar refractivity (Wildman–Crippen MR) is 130 cm³/mol. The van der Waals surface area contributed by atoms with Gasteiger partial charge in [-0.25, -0.2) is 14.7 Å². The number of nitrogens with zero attached hydrogens (tertiary/aromatic N) is 4. The van der Waals surface area contributed by atoms with E-state index in [1.807, 2.05) is 37.8 Å². The van der Waals surface area contributed by atoms with E-state index in [2.05, 4.69) is 9.88 Å². The fourth-order valence-electron chi connectivity index (χ4n) is 5.51. The van der Waals surface area contributed by atoms with Crippen LogP contribution in [-0.4, -0.2) is 81.0 Å². The zero-order valence-electron chi connectivity index (χ0n) is 19.9. The van der Waals surface area contributed by atoms with Crippen molar-refractivity contribution in [2.24, 2.45) is 0 Å². The molecule has 1 spiro atoms. The summed E-state index contributed by atoms with van der Waals surface area (Å²) in [4.78, 5) is 49.6. The number of carbonyl (C=O) groups excluding carboxylic acids is 3. The molecule has 3 saturated heterocycles. The minimum Gasteiger partial charge on any atom is -0.431 e. The summed E-state index contributed by atoms with van der Waals surface area (Å²) in [5, 5.41) is 1.31. The van der Waals surface area contributed by atoms with E-state index in [-0.39, 0.29) is 17.9 Å². The Bertz CT molecular complexity index is 1150. The van der Waals surface area contributed by atoms with Crippen LogP contribution in [-0.2, 0) is 9.53 Å². The van der Waals surface area contributed by atoms with Gasteiger partial charge in [0.1, 0.15) is 9.83 Å². The molecule has 9 nitrogen and oxygen atoms in total. The van der Waals surface area contributed by atoms with Gasteiger partial charge < -0.3 is 15.4 Å². The van der Waals surface area contributed by atoms with E-state index in [9.17, 15) is 14.4 Å². The van der Waals surface area contributed by atoms with Crippen molar-refractivity contribution in [1.82, 2.24) is 19.7 Å². The second-order valence-corrected chi connectivity index (χ2v) is 11.5. The molecule has 0 bridgehead atoms. The number of piperidine rings is 2.